The van der Waals surface area contributed by atoms with Crippen molar-refractivity contribution < 1.29 is 19.1 Å². The van der Waals surface area contributed by atoms with Crippen LogP contribution in [0, 0.1) is 0 Å². The fourth-order valence-electron chi connectivity index (χ4n) is 1.56. The molecule has 0 saturated carbocycles. The van der Waals surface area contributed by atoms with Crippen LogP contribution in [0.3, 0.4) is 0 Å². The van der Waals surface area contributed by atoms with Crippen LogP contribution in [0.5, 0.6) is 11.5 Å². The van der Waals surface area contributed by atoms with Gasteiger partial charge in [0.15, 0.2) is 11.5 Å². The Hall–Kier alpha value is -1.95. The van der Waals surface area contributed by atoms with Gasteiger partial charge >= 0.3 is 6.03 Å². The summed E-state index contributed by atoms with van der Waals surface area (Å²) in [5, 5.41) is 4.59. The van der Waals surface area contributed by atoms with Crippen LogP contribution in [0.1, 0.15) is 6.42 Å². The minimum absolute atomic E-state index is 0.269. The first-order chi connectivity index (χ1) is 9.19. The molecule has 2 N–H and O–H groups in total. The summed E-state index contributed by atoms with van der Waals surface area (Å²) in [4.78, 5) is 22.4. The van der Waals surface area contributed by atoms with Gasteiger partial charge in [0.2, 0.25) is 5.91 Å². The molecule has 7 heteroatoms. The summed E-state index contributed by atoms with van der Waals surface area (Å²) in [5.41, 5.74) is 0.504. The second-order valence-corrected chi connectivity index (χ2v) is 4.12. The molecule has 0 spiro atoms. The fraction of sp³-hybridized carbons (Fsp3) is 0.333. The number of nitrogens with one attached hydrogen (secondary N) is 2. The number of benzene rings is 1. The van der Waals surface area contributed by atoms with E-state index in [0.29, 0.717) is 30.4 Å². The summed E-state index contributed by atoms with van der Waals surface area (Å²) >= 11 is 5.28. The van der Waals surface area contributed by atoms with Crippen LogP contribution in [0.2, 0.25) is 0 Å². The van der Waals surface area contributed by atoms with E-state index in [0.717, 1.165) is 6.42 Å². The van der Waals surface area contributed by atoms with Gasteiger partial charge in [-0.3, -0.25) is 10.1 Å². The summed E-state index contributed by atoms with van der Waals surface area (Å²) < 4.78 is 11.0. The van der Waals surface area contributed by atoms with E-state index >= 15 is 0 Å². The Bertz CT molecular complexity index is 493. The molecule has 1 aromatic rings. The Kier molecular flexibility index (Phi) is 4.46. The minimum Gasteiger partial charge on any atom is -0.490 e. The SMILES string of the molecule is O=C(CCl)NC(=O)Nc1ccc2c(c1)OCCCO2. The number of rotatable bonds is 2. The highest BCUT2D eigenvalue weighted by atomic mass is 35.5. The molecular weight excluding hydrogens is 272 g/mol. The van der Waals surface area contributed by atoms with E-state index in [1.54, 1.807) is 18.2 Å². The van der Waals surface area contributed by atoms with Gasteiger partial charge in [0.1, 0.15) is 5.88 Å². The topological polar surface area (TPSA) is 76.7 Å². The van der Waals surface area contributed by atoms with Crippen LogP contribution in [-0.4, -0.2) is 31.0 Å². The quantitative estimate of drug-likeness (QED) is 0.811. The van der Waals surface area contributed by atoms with Crippen molar-refractivity contribution in [1.82, 2.24) is 5.32 Å². The number of halogens is 1. The van der Waals surface area contributed by atoms with Gasteiger partial charge in [-0.05, 0) is 12.1 Å². The largest absolute Gasteiger partial charge is 0.490 e. The molecule has 0 aromatic heterocycles. The summed E-state index contributed by atoms with van der Waals surface area (Å²) in [6, 6.07) is 4.38. The summed E-state index contributed by atoms with van der Waals surface area (Å²) in [6.07, 6.45) is 0.808. The highest BCUT2D eigenvalue weighted by Crippen LogP contribution is 2.32. The Labute approximate surface area is 115 Å². The number of carbonyl (C=O) groups is 2. The number of fused-ring (bicyclic) bond motifs is 1. The van der Waals surface area contributed by atoms with Gasteiger partial charge < -0.3 is 14.8 Å². The molecule has 0 fully saturated rings. The number of alkyl halides is 1. The second kappa shape index (κ2) is 6.29. The number of anilines is 1. The molecule has 6 nitrogen and oxygen atoms in total. The second-order valence-electron chi connectivity index (χ2n) is 3.85. The lowest BCUT2D eigenvalue weighted by molar-refractivity contribution is -0.117. The molecule has 0 bridgehead atoms. The van der Waals surface area contributed by atoms with Gasteiger partial charge in [-0.1, -0.05) is 0 Å². The number of hydrogen-bond donors (Lipinski definition) is 2. The highest BCUT2D eigenvalue weighted by molar-refractivity contribution is 6.28. The molecule has 0 atom stereocenters. The number of amides is 3. The van der Waals surface area contributed by atoms with Gasteiger partial charge in [-0.2, -0.15) is 0 Å². The van der Waals surface area contributed by atoms with Crippen LogP contribution in [0.15, 0.2) is 18.2 Å². The molecule has 0 saturated heterocycles. The maximum atomic E-state index is 11.4. The lowest BCUT2D eigenvalue weighted by Crippen LogP contribution is -2.35. The van der Waals surface area contributed by atoms with Gasteiger partial charge in [0, 0.05) is 18.2 Å². The Balaban J connectivity index is 2.03. The normalized spacial score (nSPS) is 13.3. The van der Waals surface area contributed by atoms with Gasteiger partial charge in [0.25, 0.3) is 0 Å². The van der Waals surface area contributed by atoms with Gasteiger partial charge in [-0.25, -0.2) is 4.79 Å². The third-order valence-corrected chi connectivity index (χ3v) is 2.62. The van der Waals surface area contributed by atoms with E-state index in [1.165, 1.54) is 0 Å². The molecule has 0 radical (unpaired) electrons. The van der Waals surface area contributed by atoms with Crippen molar-refractivity contribution in [3.05, 3.63) is 18.2 Å². The number of imide groups is 1. The Morgan fingerprint density at radius 3 is 2.68 bits per heavy atom. The molecule has 0 unspecified atom stereocenters. The van der Waals surface area contributed by atoms with E-state index in [-0.39, 0.29) is 5.88 Å². The molecule has 1 aliphatic heterocycles. The zero-order valence-corrected chi connectivity index (χ0v) is 10.8. The molecule has 19 heavy (non-hydrogen) atoms. The first-order valence-electron chi connectivity index (χ1n) is 5.75. The monoisotopic (exact) mass is 284 g/mol. The third-order valence-electron chi connectivity index (χ3n) is 2.38. The van der Waals surface area contributed by atoms with Crippen LogP contribution in [0.4, 0.5) is 10.5 Å². The number of hydrogen-bond acceptors (Lipinski definition) is 4. The van der Waals surface area contributed by atoms with Crippen molar-refractivity contribution in [3.63, 3.8) is 0 Å². The number of ether oxygens (including phenoxy) is 2. The molecule has 102 valence electrons. The predicted octanol–water partition coefficient (Wildman–Crippen LogP) is 1.73. The summed E-state index contributed by atoms with van der Waals surface area (Å²) in [7, 11) is 0. The molecule has 1 aromatic carbocycles. The number of urea groups is 1. The highest BCUT2D eigenvalue weighted by Gasteiger charge is 2.12. The van der Waals surface area contributed by atoms with E-state index < -0.39 is 11.9 Å². The van der Waals surface area contributed by atoms with Crippen molar-refractivity contribution in [2.45, 2.75) is 6.42 Å². The molecule has 1 aliphatic rings. The van der Waals surface area contributed by atoms with Crippen LogP contribution in [0.25, 0.3) is 0 Å². The fourth-order valence-corrected chi connectivity index (χ4v) is 1.63. The van der Waals surface area contributed by atoms with Gasteiger partial charge in [0.05, 0.1) is 13.2 Å². The zero-order valence-electron chi connectivity index (χ0n) is 10.1. The maximum Gasteiger partial charge on any atom is 0.325 e. The Morgan fingerprint density at radius 2 is 1.95 bits per heavy atom. The molecule has 1 heterocycles. The van der Waals surface area contributed by atoms with Crippen LogP contribution >= 0.6 is 11.6 Å². The summed E-state index contributed by atoms with van der Waals surface area (Å²) in [5.74, 6) is 0.377. The molecule has 2 rings (SSSR count). The summed E-state index contributed by atoms with van der Waals surface area (Å²) in [6.45, 7) is 1.16. The Morgan fingerprint density at radius 1 is 1.21 bits per heavy atom. The first kappa shape index (κ1) is 13.5. The van der Waals surface area contributed by atoms with Crippen LogP contribution < -0.4 is 20.1 Å². The van der Waals surface area contributed by atoms with Crippen molar-refractivity contribution in [1.29, 1.82) is 0 Å². The molecular formula is C12H13ClN2O4. The minimum atomic E-state index is -0.639. The lowest BCUT2D eigenvalue weighted by atomic mass is 10.3. The molecule has 3 amide bonds. The van der Waals surface area contributed by atoms with E-state index in [2.05, 4.69) is 10.6 Å². The van der Waals surface area contributed by atoms with Crippen molar-refractivity contribution in [2.24, 2.45) is 0 Å². The van der Waals surface area contributed by atoms with E-state index in [9.17, 15) is 9.59 Å². The smallest absolute Gasteiger partial charge is 0.325 e. The lowest BCUT2D eigenvalue weighted by Gasteiger charge is -2.10. The average molecular weight is 285 g/mol. The van der Waals surface area contributed by atoms with Crippen molar-refractivity contribution in [3.8, 4) is 11.5 Å². The van der Waals surface area contributed by atoms with E-state index in [1.807, 2.05) is 0 Å². The van der Waals surface area contributed by atoms with Crippen LogP contribution in [-0.2, 0) is 4.79 Å². The third kappa shape index (κ3) is 3.75. The van der Waals surface area contributed by atoms with Gasteiger partial charge in [-0.15, -0.1) is 11.6 Å². The molecule has 0 aliphatic carbocycles. The predicted molar refractivity (Wildman–Crippen MR) is 69.9 cm³/mol. The number of carbonyl (C=O) groups excluding carboxylic acids is 2. The van der Waals surface area contributed by atoms with Crippen molar-refractivity contribution >= 4 is 29.2 Å². The zero-order chi connectivity index (χ0) is 13.7. The van der Waals surface area contributed by atoms with Crippen molar-refractivity contribution in [2.75, 3.05) is 24.4 Å². The standard InChI is InChI=1S/C12H13ClN2O4/c13-7-11(16)15-12(17)14-8-2-3-9-10(6-8)19-5-1-4-18-9/h2-3,6H,1,4-5,7H2,(H2,14,15,16,17). The first-order valence-corrected chi connectivity index (χ1v) is 6.29. The maximum absolute atomic E-state index is 11.4. The van der Waals surface area contributed by atoms with E-state index in [4.69, 9.17) is 21.1 Å². The average Bonchev–Trinajstić information content (AvgIpc) is 2.63.